The summed E-state index contributed by atoms with van der Waals surface area (Å²) in [6, 6.07) is 3.52. The Morgan fingerprint density at radius 3 is 2.50 bits per heavy atom. The third-order valence-electron chi connectivity index (χ3n) is 3.81. The Morgan fingerprint density at radius 1 is 1.27 bits per heavy atom. The van der Waals surface area contributed by atoms with E-state index in [1.807, 2.05) is 32.2 Å². The second-order valence-corrected chi connectivity index (χ2v) is 5.20. The predicted molar refractivity (Wildman–Crippen MR) is 81.7 cm³/mol. The van der Waals surface area contributed by atoms with Crippen molar-refractivity contribution in [3.8, 4) is 6.07 Å². The van der Waals surface area contributed by atoms with Crippen LogP contribution >= 0.6 is 0 Å². The third kappa shape index (κ3) is 2.53. The van der Waals surface area contributed by atoms with Gasteiger partial charge in [0.2, 0.25) is 0 Å². The number of nitrogens with zero attached hydrogens (tertiary/aromatic N) is 5. The zero-order valence-electron chi connectivity index (χ0n) is 12.9. The number of rotatable bonds is 4. The Hall–Kier alpha value is -2.82. The molecule has 0 fully saturated rings. The fourth-order valence-corrected chi connectivity index (χ4v) is 2.20. The van der Waals surface area contributed by atoms with Gasteiger partial charge in [0.05, 0.1) is 6.04 Å². The summed E-state index contributed by atoms with van der Waals surface area (Å²) in [6.45, 7) is 3.85. The monoisotopic (exact) mass is 302 g/mol. The first-order valence-corrected chi connectivity index (χ1v) is 6.84. The average molecular weight is 302 g/mol. The molecule has 0 spiro atoms. The third-order valence-corrected chi connectivity index (χ3v) is 3.81. The van der Waals surface area contributed by atoms with Gasteiger partial charge < -0.3 is 5.32 Å². The molecule has 1 N–H and O–H groups in total. The summed E-state index contributed by atoms with van der Waals surface area (Å²) in [4.78, 5) is 24.1. The molecule has 0 aliphatic heterocycles. The molecule has 0 saturated carbocycles. The van der Waals surface area contributed by atoms with Crippen molar-refractivity contribution in [2.24, 2.45) is 14.1 Å². The van der Waals surface area contributed by atoms with E-state index in [-0.39, 0.29) is 23.5 Å². The molecule has 0 radical (unpaired) electrons. The Morgan fingerprint density at radius 2 is 1.95 bits per heavy atom. The predicted octanol–water partition coefficient (Wildman–Crippen LogP) is 0.214. The van der Waals surface area contributed by atoms with Gasteiger partial charge in [-0.15, -0.1) is 0 Å². The lowest BCUT2D eigenvalue weighted by Gasteiger charge is -2.24. The van der Waals surface area contributed by atoms with Crippen molar-refractivity contribution < 1.29 is 0 Å². The second-order valence-electron chi connectivity index (χ2n) is 5.20. The van der Waals surface area contributed by atoms with Gasteiger partial charge in [0, 0.05) is 32.5 Å². The standard InChI is InChI=1S/C14H18N6O2/c1-9(10(2)20-7-5-6-16-20)17-12-11(8-15)13(21)19(4)14(22)18(12)3/h5-7,9-10,17H,1-4H3/t9-,10-/m0/s1. The lowest BCUT2D eigenvalue weighted by atomic mass is 10.1. The molecular formula is C14H18N6O2. The number of nitriles is 1. The highest BCUT2D eigenvalue weighted by atomic mass is 16.2. The van der Waals surface area contributed by atoms with Crippen molar-refractivity contribution in [3.63, 3.8) is 0 Å². The molecule has 116 valence electrons. The average Bonchev–Trinajstić information content (AvgIpc) is 3.04. The maximum absolute atomic E-state index is 12.0. The molecule has 2 rings (SSSR count). The second kappa shape index (κ2) is 5.89. The highest BCUT2D eigenvalue weighted by Gasteiger charge is 2.20. The molecule has 0 aliphatic rings. The van der Waals surface area contributed by atoms with Crippen LogP contribution in [0.4, 0.5) is 5.82 Å². The minimum Gasteiger partial charge on any atom is -0.365 e. The van der Waals surface area contributed by atoms with E-state index in [0.717, 1.165) is 4.57 Å². The van der Waals surface area contributed by atoms with Crippen molar-refractivity contribution in [2.75, 3.05) is 5.32 Å². The molecule has 0 bridgehead atoms. The molecule has 2 aromatic heterocycles. The number of hydrogen-bond donors (Lipinski definition) is 1. The van der Waals surface area contributed by atoms with E-state index < -0.39 is 11.2 Å². The van der Waals surface area contributed by atoms with Crippen molar-refractivity contribution in [1.29, 1.82) is 5.26 Å². The molecular weight excluding hydrogens is 284 g/mol. The molecule has 2 atom stereocenters. The Labute approximate surface area is 127 Å². The summed E-state index contributed by atoms with van der Waals surface area (Å²) in [5.41, 5.74) is -1.17. The van der Waals surface area contributed by atoms with E-state index in [2.05, 4.69) is 10.4 Å². The topological polar surface area (TPSA) is 97.6 Å². The Bertz CT molecular complexity index is 825. The Balaban J connectivity index is 2.44. The maximum Gasteiger partial charge on any atom is 0.332 e. The van der Waals surface area contributed by atoms with E-state index in [4.69, 9.17) is 0 Å². The zero-order chi connectivity index (χ0) is 16.4. The first kappa shape index (κ1) is 15.6. The van der Waals surface area contributed by atoms with Gasteiger partial charge in [-0.1, -0.05) is 0 Å². The first-order valence-electron chi connectivity index (χ1n) is 6.84. The first-order chi connectivity index (χ1) is 10.4. The number of anilines is 1. The van der Waals surface area contributed by atoms with Crippen molar-refractivity contribution in [1.82, 2.24) is 18.9 Å². The maximum atomic E-state index is 12.0. The summed E-state index contributed by atoms with van der Waals surface area (Å²) >= 11 is 0. The van der Waals surface area contributed by atoms with Gasteiger partial charge in [0.25, 0.3) is 5.56 Å². The van der Waals surface area contributed by atoms with E-state index in [1.165, 1.54) is 18.7 Å². The van der Waals surface area contributed by atoms with Crippen LogP contribution in [0.25, 0.3) is 0 Å². The minimum atomic E-state index is -0.605. The number of hydrogen-bond acceptors (Lipinski definition) is 5. The van der Waals surface area contributed by atoms with Gasteiger partial charge in [-0.3, -0.25) is 18.6 Å². The van der Waals surface area contributed by atoms with Crippen LogP contribution in [0, 0.1) is 11.3 Å². The van der Waals surface area contributed by atoms with Crippen molar-refractivity contribution in [2.45, 2.75) is 25.9 Å². The van der Waals surface area contributed by atoms with E-state index >= 15 is 0 Å². The van der Waals surface area contributed by atoms with Gasteiger partial charge in [-0.25, -0.2) is 4.79 Å². The molecule has 0 aliphatic carbocycles. The van der Waals surface area contributed by atoms with E-state index in [9.17, 15) is 14.9 Å². The van der Waals surface area contributed by atoms with Crippen molar-refractivity contribution in [3.05, 3.63) is 44.9 Å². The lowest BCUT2D eigenvalue weighted by molar-refractivity contribution is 0.441. The van der Waals surface area contributed by atoms with Gasteiger partial charge >= 0.3 is 5.69 Å². The molecule has 22 heavy (non-hydrogen) atoms. The fraction of sp³-hybridized carbons (Fsp3) is 0.429. The van der Waals surface area contributed by atoms with E-state index in [0.29, 0.717) is 0 Å². The van der Waals surface area contributed by atoms with Crippen LogP contribution in [0.15, 0.2) is 28.0 Å². The number of aromatic nitrogens is 4. The molecule has 0 aromatic carbocycles. The highest BCUT2D eigenvalue weighted by molar-refractivity contribution is 5.51. The van der Waals surface area contributed by atoms with Crippen LogP contribution in [-0.4, -0.2) is 25.0 Å². The Kier molecular flexibility index (Phi) is 4.17. The molecule has 2 heterocycles. The van der Waals surface area contributed by atoms with Gasteiger partial charge in [-0.05, 0) is 19.9 Å². The highest BCUT2D eigenvalue weighted by Crippen LogP contribution is 2.16. The van der Waals surface area contributed by atoms with Gasteiger partial charge in [-0.2, -0.15) is 10.4 Å². The van der Waals surface area contributed by atoms with Gasteiger partial charge in [0.15, 0.2) is 5.56 Å². The molecule has 0 unspecified atom stereocenters. The quantitative estimate of drug-likeness (QED) is 0.871. The van der Waals surface area contributed by atoms with E-state index in [1.54, 1.807) is 10.9 Å². The van der Waals surface area contributed by atoms with Crippen LogP contribution in [-0.2, 0) is 14.1 Å². The fourth-order valence-electron chi connectivity index (χ4n) is 2.20. The molecule has 0 saturated heterocycles. The van der Waals surface area contributed by atoms with Crippen LogP contribution in [0.3, 0.4) is 0 Å². The minimum absolute atomic E-state index is 0.0271. The van der Waals surface area contributed by atoms with Crippen LogP contribution in [0.2, 0.25) is 0 Å². The molecule has 0 amide bonds. The zero-order valence-corrected chi connectivity index (χ0v) is 12.9. The number of nitrogens with one attached hydrogen (secondary N) is 1. The van der Waals surface area contributed by atoms with Crippen LogP contribution < -0.4 is 16.6 Å². The molecule has 8 heteroatoms. The normalized spacial score (nSPS) is 13.4. The summed E-state index contributed by atoms with van der Waals surface area (Å²) in [5, 5.41) is 16.5. The SMILES string of the molecule is C[C@H](Nc1c(C#N)c(=O)n(C)c(=O)n1C)[C@H](C)n1cccn1. The lowest BCUT2D eigenvalue weighted by Crippen LogP contribution is -2.41. The summed E-state index contributed by atoms with van der Waals surface area (Å²) < 4.78 is 3.96. The summed E-state index contributed by atoms with van der Waals surface area (Å²) in [7, 11) is 2.88. The van der Waals surface area contributed by atoms with Crippen LogP contribution in [0.5, 0.6) is 0 Å². The smallest absolute Gasteiger partial charge is 0.332 e. The molecule has 8 nitrogen and oxygen atoms in total. The van der Waals surface area contributed by atoms with Crippen LogP contribution in [0.1, 0.15) is 25.5 Å². The van der Waals surface area contributed by atoms with Crippen molar-refractivity contribution >= 4 is 5.82 Å². The largest absolute Gasteiger partial charge is 0.365 e. The molecule has 2 aromatic rings. The van der Waals surface area contributed by atoms with Gasteiger partial charge in [0.1, 0.15) is 11.9 Å². The summed E-state index contributed by atoms with van der Waals surface area (Å²) in [6.07, 6.45) is 3.51. The summed E-state index contributed by atoms with van der Waals surface area (Å²) in [5.74, 6) is 0.224.